The number of anilines is 1. The summed E-state index contributed by atoms with van der Waals surface area (Å²) in [4.78, 5) is 13.7. The van der Waals surface area contributed by atoms with Gasteiger partial charge in [0.2, 0.25) is 11.7 Å². The minimum absolute atomic E-state index is 0.0317. The van der Waals surface area contributed by atoms with Gasteiger partial charge in [-0.2, -0.15) is 0 Å². The molecule has 0 saturated heterocycles. The Bertz CT molecular complexity index is 1070. The first kappa shape index (κ1) is 20.1. The van der Waals surface area contributed by atoms with Gasteiger partial charge in [-0.1, -0.05) is 18.2 Å². The summed E-state index contributed by atoms with van der Waals surface area (Å²) in [6.07, 6.45) is 0.345. The van der Waals surface area contributed by atoms with Gasteiger partial charge in [-0.15, -0.1) is 11.3 Å². The number of benzene rings is 2. The molecule has 1 aromatic heterocycles. The highest BCUT2D eigenvalue weighted by atomic mass is 32.1. The van der Waals surface area contributed by atoms with Crippen LogP contribution in [0.5, 0.6) is 23.0 Å². The Morgan fingerprint density at radius 3 is 2.20 bits per heavy atom. The maximum Gasteiger partial charge on any atom is 0.225 e. The van der Waals surface area contributed by atoms with E-state index < -0.39 is 0 Å². The van der Waals surface area contributed by atoms with Crippen molar-refractivity contribution in [3.05, 3.63) is 52.2 Å². The van der Waals surface area contributed by atoms with Gasteiger partial charge in [0.15, 0.2) is 11.5 Å². The number of thiophene rings is 1. The smallest absolute Gasteiger partial charge is 0.225 e. The van der Waals surface area contributed by atoms with Crippen molar-refractivity contribution in [2.75, 3.05) is 33.8 Å². The van der Waals surface area contributed by atoms with Crippen molar-refractivity contribution < 1.29 is 23.7 Å². The zero-order valence-corrected chi connectivity index (χ0v) is 18.1. The fraction of sp³-hybridized carbons (Fsp3) is 0.261. The van der Waals surface area contributed by atoms with E-state index in [2.05, 4.69) is 10.7 Å². The third-order valence-corrected chi connectivity index (χ3v) is 6.37. The Morgan fingerprint density at radius 2 is 1.57 bits per heavy atom. The first-order valence-electron chi connectivity index (χ1n) is 9.45. The quantitative estimate of drug-likeness (QED) is 0.607. The highest BCUT2D eigenvalue weighted by Gasteiger charge is 2.32. The first-order valence-corrected chi connectivity index (χ1v) is 10.3. The van der Waals surface area contributed by atoms with Crippen LogP contribution in [0, 0.1) is 0 Å². The molecule has 0 aliphatic carbocycles. The van der Waals surface area contributed by atoms with Crippen LogP contribution in [0.2, 0.25) is 0 Å². The molecule has 0 fully saturated rings. The van der Waals surface area contributed by atoms with Gasteiger partial charge in [0.05, 0.1) is 34.1 Å². The molecular weight excluding hydrogens is 402 g/mol. The number of amides is 1. The second kappa shape index (κ2) is 8.28. The van der Waals surface area contributed by atoms with Gasteiger partial charge in [-0.05, 0) is 23.8 Å². The molecule has 1 N–H and O–H groups in total. The van der Waals surface area contributed by atoms with Crippen LogP contribution in [0.1, 0.15) is 22.8 Å². The number of para-hydroxylation sites is 1. The van der Waals surface area contributed by atoms with Crippen molar-refractivity contribution in [3.63, 3.8) is 0 Å². The zero-order valence-electron chi connectivity index (χ0n) is 17.3. The molecule has 1 aliphatic heterocycles. The molecule has 1 atom stereocenters. The molecule has 1 unspecified atom stereocenters. The highest BCUT2D eigenvalue weighted by molar-refractivity contribution is 7.11. The molecule has 4 rings (SSSR count). The number of ether oxygens (including phenoxy) is 4. The fourth-order valence-electron chi connectivity index (χ4n) is 3.86. The number of rotatable bonds is 6. The Labute approximate surface area is 179 Å². The average molecular weight is 426 g/mol. The largest absolute Gasteiger partial charge is 0.496 e. The molecule has 0 saturated carbocycles. The standard InChI is InChI=1S/C23H23NO5S/c1-26-17-8-6-5-7-14(17)16-12-30-23-15(11-20(25)24-21(16)23)13-9-18(27-2)22(29-4)19(10-13)28-3/h5-10,12,15H,11H2,1-4H3,(H,24,25). The van der Waals surface area contributed by atoms with Crippen molar-refractivity contribution in [2.24, 2.45) is 0 Å². The molecule has 30 heavy (non-hydrogen) atoms. The van der Waals surface area contributed by atoms with E-state index in [-0.39, 0.29) is 11.8 Å². The van der Waals surface area contributed by atoms with Crippen LogP contribution in [0.3, 0.4) is 0 Å². The molecular formula is C23H23NO5S. The molecule has 1 aliphatic rings. The number of carbonyl (C=O) groups is 1. The predicted octanol–water partition coefficient (Wildman–Crippen LogP) is 4.92. The van der Waals surface area contributed by atoms with Gasteiger partial charge in [0.25, 0.3) is 0 Å². The third kappa shape index (κ3) is 3.35. The van der Waals surface area contributed by atoms with E-state index in [4.69, 9.17) is 18.9 Å². The third-order valence-electron chi connectivity index (χ3n) is 5.28. The van der Waals surface area contributed by atoms with Crippen LogP contribution >= 0.6 is 11.3 Å². The van der Waals surface area contributed by atoms with Crippen LogP contribution < -0.4 is 24.3 Å². The van der Waals surface area contributed by atoms with Crippen molar-refractivity contribution in [1.29, 1.82) is 0 Å². The van der Waals surface area contributed by atoms with Crippen LogP contribution in [0.4, 0.5) is 5.69 Å². The minimum Gasteiger partial charge on any atom is -0.496 e. The van der Waals surface area contributed by atoms with Crippen molar-refractivity contribution in [1.82, 2.24) is 0 Å². The first-order chi connectivity index (χ1) is 14.6. The molecule has 3 aromatic rings. The Balaban J connectivity index is 1.85. The molecule has 1 amide bonds. The number of carbonyl (C=O) groups excluding carboxylic acids is 1. The second-order valence-electron chi connectivity index (χ2n) is 6.85. The van der Waals surface area contributed by atoms with Crippen LogP contribution in [-0.4, -0.2) is 34.3 Å². The normalized spacial score (nSPS) is 15.2. The van der Waals surface area contributed by atoms with Gasteiger partial charge < -0.3 is 24.3 Å². The van der Waals surface area contributed by atoms with Gasteiger partial charge in [-0.25, -0.2) is 0 Å². The van der Waals surface area contributed by atoms with E-state index >= 15 is 0 Å². The highest BCUT2D eigenvalue weighted by Crippen LogP contribution is 2.50. The molecule has 2 heterocycles. The Morgan fingerprint density at radius 1 is 0.900 bits per heavy atom. The molecule has 0 radical (unpaired) electrons. The lowest BCUT2D eigenvalue weighted by Crippen LogP contribution is -2.22. The topological polar surface area (TPSA) is 66.0 Å². The van der Waals surface area contributed by atoms with Crippen molar-refractivity contribution in [3.8, 4) is 34.1 Å². The zero-order chi connectivity index (χ0) is 21.3. The van der Waals surface area contributed by atoms with E-state index in [1.54, 1.807) is 39.8 Å². The molecule has 7 heteroatoms. The molecule has 0 bridgehead atoms. The lowest BCUT2D eigenvalue weighted by atomic mass is 9.88. The van der Waals surface area contributed by atoms with E-state index in [9.17, 15) is 4.79 Å². The van der Waals surface area contributed by atoms with Gasteiger partial charge in [-0.3, -0.25) is 4.79 Å². The number of hydrogen-bond acceptors (Lipinski definition) is 6. The molecule has 6 nitrogen and oxygen atoms in total. The predicted molar refractivity (Wildman–Crippen MR) is 117 cm³/mol. The molecule has 2 aromatic carbocycles. The number of hydrogen-bond donors (Lipinski definition) is 1. The van der Waals surface area contributed by atoms with Crippen molar-refractivity contribution >= 4 is 22.9 Å². The Hall–Kier alpha value is -3.19. The SMILES string of the molecule is COc1ccccc1-c1csc2c1NC(=O)CC2c1cc(OC)c(OC)c(OC)c1. The molecule has 156 valence electrons. The summed E-state index contributed by atoms with van der Waals surface area (Å²) >= 11 is 1.62. The lowest BCUT2D eigenvalue weighted by Gasteiger charge is -2.25. The second-order valence-corrected chi connectivity index (χ2v) is 7.76. The van der Waals surface area contributed by atoms with Gasteiger partial charge >= 0.3 is 0 Å². The van der Waals surface area contributed by atoms with Crippen molar-refractivity contribution in [2.45, 2.75) is 12.3 Å². The number of methoxy groups -OCH3 is 4. The molecule has 0 spiro atoms. The summed E-state index contributed by atoms with van der Waals surface area (Å²) in [6, 6.07) is 11.6. The lowest BCUT2D eigenvalue weighted by molar-refractivity contribution is -0.116. The maximum absolute atomic E-state index is 12.7. The summed E-state index contributed by atoms with van der Waals surface area (Å²) in [5.41, 5.74) is 3.68. The Kier molecular flexibility index (Phi) is 5.55. The van der Waals surface area contributed by atoms with Gasteiger partial charge in [0.1, 0.15) is 5.75 Å². The summed E-state index contributed by atoms with van der Waals surface area (Å²) in [7, 11) is 6.40. The van der Waals surface area contributed by atoms with Crippen LogP contribution in [0.25, 0.3) is 11.1 Å². The van der Waals surface area contributed by atoms with E-state index in [1.807, 2.05) is 36.4 Å². The number of nitrogens with one attached hydrogen (secondary N) is 1. The van der Waals surface area contributed by atoms with E-state index in [1.165, 1.54) is 0 Å². The monoisotopic (exact) mass is 425 g/mol. The van der Waals surface area contributed by atoms with Crippen LogP contribution in [-0.2, 0) is 4.79 Å². The summed E-state index contributed by atoms with van der Waals surface area (Å²) in [5.74, 6) is 2.29. The minimum atomic E-state index is -0.115. The fourth-order valence-corrected chi connectivity index (χ4v) is 5.02. The van der Waals surface area contributed by atoms with Gasteiger partial charge in [0, 0.05) is 33.7 Å². The van der Waals surface area contributed by atoms with E-state index in [0.717, 1.165) is 33.0 Å². The number of fused-ring (bicyclic) bond motifs is 1. The summed E-state index contributed by atoms with van der Waals surface area (Å²) < 4.78 is 22.0. The van der Waals surface area contributed by atoms with Crippen LogP contribution in [0.15, 0.2) is 41.8 Å². The maximum atomic E-state index is 12.7. The van der Waals surface area contributed by atoms with E-state index in [0.29, 0.717) is 23.7 Å². The summed E-state index contributed by atoms with van der Waals surface area (Å²) in [5, 5.41) is 5.14. The summed E-state index contributed by atoms with van der Waals surface area (Å²) in [6.45, 7) is 0. The average Bonchev–Trinajstić information content (AvgIpc) is 3.20.